The van der Waals surface area contributed by atoms with Crippen molar-refractivity contribution in [1.82, 2.24) is 15.6 Å². The Hall–Kier alpha value is -4.78. The zero-order chi connectivity index (χ0) is 26.1. The van der Waals surface area contributed by atoms with E-state index in [9.17, 15) is 29.1 Å². The van der Waals surface area contributed by atoms with Gasteiger partial charge in [0.25, 0.3) is 5.91 Å². The minimum absolute atomic E-state index is 0.138. The maximum Gasteiger partial charge on any atom is 0.328 e. The molecule has 3 aromatic rings. The monoisotopic (exact) mass is 489 g/mol. The topological polar surface area (TPSA) is 144 Å². The van der Waals surface area contributed by atoms with Crippen LogP contribution < -0.4 is 16.0 Å². The third-order valence-electron chi connectivity index (χ3n) is 5.20. The summed E-state index contributed by atoms with van der Waals surface area (Å²) in [5.41, 5.74) is 2.33. The van der Waals surface area contributed by atoms with E-state index in [4.69, 9.17) is 0 Å². The summed E-state index contributed by atoms with van der Waals surface area (Å²) in [5.74, 6) is -2.58. The van der Waals surface area contributed by atoms with Crippen LogP contribution in [0.15, 0.2) is 60.7 Å². The van der Waals surface area contributed by atoms with Crippen LogP contribution in [-0.4, -0.2) is 47.0 Å². The molecule has 0 spiro atoms. The van der Waals surface area contributed by atoms with Crippen LogP contribution >= 0.6 is 0 Å². The number of carboxylic acid groups (broad SMARTS) is 1. The number of carboxylic acids is 1. The second-order valence-electron chi connectivity index (χ2n) is 7.86. The number of aromatic nitrogens is 1. The normalized spacial score (nSPS) is 11.1. The summed E-state index contributed by atoms with van der Waals surface area (Å²) in [6, 6.07) is 17.0. The number of pyridine rings is 1. The molecule has 0 saturated carbocycles. The molecule has 0 fully saturated rings. The Bertz CT molecular complexity index is 1320. The van der Waals surface area contributed by atoms with Crippen LogP contribution in [0.25, 0.3) is 11.3 Å². The number of rotatable bonds is 10. The molecule has 4 N–H and O–H groups in total. The highest BCUT2D eigenvalue weighted by Gasteiger charge is 2.21. The van der Waals surface area contributed by atoms with E-state index in [2.05, 4.69) is 27.0 Å². The number of aliphatic carboxylic acids is 1. The molecule has 184 valence electrons. The molecule has 0 unspecified atom stereocenters. The van der Waals surface area contributed by atoms with Gasteiger partial charge in [-0.1, -0.05) is 30.3 Å². The van der Waals surface area contributed by atoms with Crippen molar-refractivity contribution in [3.05, 3.63) is 83.2 Å². The molecular weight excluding hydrogens is 465 g/mol. The molecule has 0 aliphatic rings. The van der Waals surface area contributed by atoms with Gasteiger partial charge in [-0.05, 0) is 42.3 Å². The number of halogens is 1. The average Bonchev–Trinajstić information content (AvgIpc) is 2.86. The first-order chi connectivity index (χ1) is 17.3. The summed E-state index contributed by atoms with van der Waals surface area (Å²) in [6.07, 6.45) is 0.448. The molecule has 0 radical (unpaired) electrons. The van der Waals surface area contributed by atoms with Crippen LogP contribution in [-0.2, 0) is 16.0 Å². The molecule has 0 saturated heterocycles. The van der Waals surface area contributed by atoms with Gasteiger partial charge in [-0.25, -0.2) is 14.2 Å². The highest BCUT2D eigenvalue weighted by molar-refractivity contribution is 5.99. The first-order valence-corrected chi connectivity index (χ1v) is 11.1. The molecule has 9 nitrogen and oxygen atoms in total. The van der Waals surface area contributed by atoms with E-state index in [0.717, 1.165) is 5.56 Å². The molecule has 10 heteroatoms. The lowest BCUT2D eigenvalue weighted by Crippen LogP contribution is -2.47. The Kier molecular flexibility index (Phi) is 8.67. The Morgan fingerprint density at radius 1 is 1.11 bits per heavy atom. The SMILES string of the molecule is CC(=O)N[C@@H](CNC(=O)c1ccc(-c2ccccc2C#N)nc1NCCc1cccc(F)c1)C(=O)O. The van der Waals surface area contributed by atoms with E-state index in [0.29, 0.717) is 29.8 Å². The van der Waals surface area contributed by atoms with Crippen LogP contribution in [0.4, 0.5) is 10.2 Å². The molecular formula is C26H24FN5O4. The number of nitrogens with one attached hydrogen (secondary N) is 3. The lowest BCUT2D eigenvalue weighted by Gasteiger charge is -2.16. The van der Waals surface area contributed by atoms with Crippen molar-refractivity contribution in [2.45, 2.75) is 19.4 Å². The zero-order valence-corrected chi connectivity index (χ0v) is 19.4. The van der Waals surface area contributed by atoms with Crippen LogP contribution in [0.2, 0.25) is 0 Å². The maximum absolute atomic E-state index is 13.5. The van der Waals surface area contributed by atoms with Gasteiger partial charge in [-0.15, -0.1) is 0 Å². The molecule has 0 aliphatic carbocycles. The van der Waals surface area contributed by atoms with Crippen molar-refractivity contribution in [1.29, 1.82) is 5.26 Å². The zero-order valence-electron chi connectivity index (χ0n) is 19.4. The average molecular weight is 490 g/mol. The fourth-order valence-electron chi connectivity index (χ4n) is 3.48. The Labute approximate surface area is 207 Å². The summed E-state index contributed by atoms with van der Waals surface area (Å²) < 4.78 is 13.5. The predicted octanol–water partition coefficient (Wildman–Crippen LogP) is 2.73. The van der Waals surface area contributed by atoms with E-state index in [1.165, 1.54) is 25.1 Å². The number of amides is 2. The van der Waals surface area contributed by atoms with Crippen LogP contribution in [0.1, 0.15) is 28.4 Å². The number of carbonyl (C=O) groups excluding carboxylic acids is 2. The summed E-state index contributed by atoms with van der Waals surface area (Å²) in [7, 11) is 0. The molecule has 0 bridgehead atoms. The molecule has 2 aromatic carbocycles. The van der Waals surface area contributed by atoms with Crippen molar-refractivity contribution in [3.63, 3.8) is 0 Å². The van der Waals surface area contributed by atoms with E-state index >= 15 is 0 Å². The molecule has 1 heterocycles. The number of hydrogen-bond acceptors (Lipinski definition) is 6. The summed E-state index contributed by atoms with van der Waals surface area (Å²) in [6.45, 7) is 1.17. The lowest BCUT2D eigenvalue weighted by atomic mass is 10.0. The molecule has 1 aromatic heterocycles. The smallest absolute Gasteiger partial charge is 0.328 e. The number of hydrogen-bond donors (Lipinski definition) is 4. The van der Waals surface area contributed by atoms with Gasteiger partial charge in [0, 0.05) is 25.6 Å². The van der Waals surface area contributed by atoms with E-state index in [-0.39, 0.29) is 23.7 Å². The first kappa shape index (κ1) is 25.8. The summed E-state index contributed by atoms with van der Waals surface area (Å²) in [5, 5.41) is 26.6. The predicted molar refractivity (Wildman–Crippen MR) is 131 cm³/mol. The van der Waals surface area contributed by atoms with Crippen molar-refractivity contribution in [2.24, 2.45) is 0 Å². The van der Waals surface area contributed by atoms with E-state index < -0.39 is 23.8 Å². The van der Waals surface area contributed by atoms with Gasteiger partial charge in [-0.2, -0.15) is 5.26 Å². The number of nitriles is 1. The van der Waals surface area contributed by atoms with Gasteiger partial charge in [-0.3, -0.25) is 9.59 Å². The van der Waals surface area contributed by atoms with Crippen LogP contribution in [0, 0.1) is 17.1 Å². The second-order valence-corrected chi connectivity index (χ2v) is 7.86. The standard InChI is InChI=1S/C26H24FN5O4/c1-16(33)31-23(26(35)36)15-30-25(34)21-9-10-22(20-8-3-2-6-18(20)14-28)32-24(21)29-12-11-17-5-4-7-19(27)13-17/h2-10,13,23H,11-12,15H2,1H3,(H,29,32)(H,30,34)(H,31,33)(H,35,36)/t23-/m0/s1. The van der Waals surface area contributed by atoms with Gasteiger partial charge in [0.15, 0.2) is 0 Å². The first-order valence-electron chi connectivity index (χ1n) is 11.1. The third-order valence-corrected chi connectivity index (χ3v) is 5.20. The minimum atomic E-state index is -1.30. The quantitative estimate of drug-likeness (QED) is 0.343. The van der Waals surface area contributed by atoms with E-state index in [1.54, 1.807) is 42.5 Å². The van der Waals surface area contributed by atoms with E-state index in [1.807, 2.05) is 0 Å². The number of anilines is 1. The van der Waals surface area contributed by atoms with Crippen molar-refractivity contribution >= 4 is 23.6 Å². The molecule has 2 amide bonds. The molecule has 1 atom stereocenters. The van der Waals surface area contributed by atoms with Gasteiger partial charge >= 0.3 is 5.97 Å². The molecule has 36 heavy (non-hydrogen) atoms. The van der Waals surface area contributed by atoms with Crippen molar-refractivity contribution in [3.8, 4) is 17.3 Å². The van der Waals surface area contributed by atoms with Gasteiger partial charge in [0.1, 0.15) is 17.7 Å². The van der Waals surface area contributed by atoms with Crippen molar-refractivity contribution in [2.75, 3.05) is 18.4 Å². The summed E-state index contributed by atoms with van der Waals surface area (Å²) >= 11 is 0. The van der Waals surface area contributed by atoms with Crippen molar-refractivity contribution < 1.29 is 23.9 Å². The van der Waals surface area contributed by atoms with Crippen LogP contribution in [0.5, 0.6) is 0 Å². The van der Waals surface area contributed by atoms with Gasteiger partial charge < -0.3 is 21.1 Å². The number of nitrogens with zero attached hydrogens (tertiary/aromatic N) is 2. The van der Waals surface area contributed by atoms with Gasteiger partial charge in [0.05, 0.1) is 22.9 Å². The fourth-order valence-corrected chi connectivity index (χ4v) is 3.48. The molecule has 3 rings (SSSR count). The Balaban J connectivity index is 1.86. The summed E-state index contributed by atoms with van der Waals surface area (Å²) in [4.78, 5) is 40.1. The van der Waals surface area contributed by atoms with Crippen LogP contribution in [0.3, 0.4) is 0 Å². The second kappa shape index (κ2) is 12.1. The third kappa shape index (κ3) is 6.87. The maximum atomic E-state index is 13.5. The number of carbonyl (C=O) groups is 3. The number of benzene rings is 2. The van der Waals surface area contributed by atoms with Gasteiger partial charge in [0.2, 0.25) is 5.91 Å². The fraction of sp³-hybridized carbons (Fsp3) is 0.192. The Morgan fingerprint density at radius 2 is 1.89 bits per heavy atom. The lowest BCUT2D eigenvalue weighted by molar-refractivity contribution is -0.141. The largest absolute Gasteiger partial charge is 0.480 e. The molecule has 0 aliphatic heterocycles. The minimum Gasteiger partial charge on any atom is -0.480 e. The highest BCUT2D eigenvalue weighted by Crippen LogP contribution is 2.25. The Morgan fingerprint density at radius 3 is 2.58 bits per heavy atom. The highest BCUT2D eigenvalue weighted by atomic mass is 19.1.